The first-order valence-electron chi connectivity index (χ1n) is 15.0. The third-order valence-corrected chi connectivity index (χ3v) is 9.61. The summed E-state index contributed by atoms with van der Waals surface area (Å²) in [6, 6.07) is 6.04. The minimum Gasteiger partial charge on any atom is -0.367 e. The van der Waals surface area contributed by atoms with E-state index in [2.05, 4.69) is 48.3 Å². The van der Waals surface area contributed by atoms with Crippen LogP contribution in [-0.4, -0.2) is 96.9 Å². The zero-order valence-corrected chi connectivity index (χ0v) is 26.8. The van der Waals surface area contributed by atoms with Crippen LogP contribution >= 0.6 is 11.3 Å². The van der Waals surface area contributed by atoms with Crippen molar-refractivity contribution >= 4 is 34.1 Å². The molecule has 1 N–H and O–H groups in total. The Bertz CT molecular complexity index is 1300. The zero-order chi connectivity index (χ0) is 30.4. The standard InChI is InChI=1S/C32H45N5O4S/c1-31(2,3)16-23(29(40)37-17-22(32(4,5)6)27-26(37)25(38)18-41-27)33-28(39)21-10-8-20(9-11-21)24-19-42-30(34-24)36-14-12-35(7)13-15-36/h8-11,19,22-23,26-27H,12-18H2,1-7H3,(H,33,39)/t22-,23-,26+,27+/m0/s1. The summed E-state index contributed by atoms with van der Waals surface area (Å²) in [6.07, 6.45) is 0.148. The first-order chi connectivity index (χ1) is 19.7. The molecule has 2 amide bonds. The molecule has 0 unspecified atom stereocenters. The van der Waals surface area contributed by atoms with Gasteiger partial charge in [0.05, 0.1) is 11.8 Å². The summed E-state index contributed by atoms with van der Waals surface area (Å²) in [4.78, 5) is 51.5. The summed E-state index contributed by atoms with van der Waals surface area (Å²) < 4.78 is 5.89. The highest BCUT2D eigenvalue weighted by atomic mass is 32.1. The Morgan fingerprint density at radius 1 is 1.07 bits per heavy atom. The van der Waals surface area contributed by atoms with Crippen LogP contribution in [0.5, 0.6) is 0 Å². The number of likely N-dealkylation sites (tertiary alicyclic amines) is 1. The number of rotatable bonds is 6. The summed E-state index contributed by atoms with van der Waals surface area (Å²) in [5, 5.41) is 6.10. The number of carbonyl (C=O) groups is 3. The molecule has 3 aliphatic heterocycles. The van der Waals surface area contributed by atoms with Crippen LogP contribution in [0.15, 0.2) is 29.6 Å². The topological polar surface area (TPSA) is 95.1 Å². The molecule has 0 aliphatic carbocycles. The van der Waals surface area contributed by atoms with Crippen LogP contribution in [0, 0.1) is 16.7 Å². The fraction of sp³-hybridized carbons (Fsp3) is 0.625. The predicted molar refractivity (Wildman–Crippen MR) is 166 cm³/mol. The largest absolute Gasteiger partial charge is 0.367 e. The van der Waals surface area contributed by atoms with E-state index in [9.17, 15) is 14.4 Å². The quantitative estimate of drug-likeness (QED) is 0.541. The fourth-order valence-corrected chi connectivity index (χ4v) is 7.12. The maximum absolute atomic E-state index is 14.0. The van der Waals surface area contributed by atoms with E-state index in [-0.39, 0.29) is 47.1 Å². The number of hydrogen-bond acceptors (Lipinski definition) is 8. The number of hydrogen-bond donors (Lipinski definition) is 1. The van der Waals surface area contributed by atoms with E-state index in [0.717, 1.165) is 42.6 Å². The molecule has 1 aromatic heterocycles. The van der Waals surface area contributed by atoms with E-state index < -0.39 is 12.1 Å². The third-order valence-electron chi connectivity index (χ3n) is 8.71. The smallest absolute Gasteiger partial charge is 0.251 e. The van der Waals surface area contributed by atoms with Gasteiger partial charge in [0.25, 0.3) is 5.91 Å². The Labute approximate surface area is 253 Å². The number of anilines is 1. The summed E-state index contributed by atoms with van der Waals surface area (Å²) in [7, 11) is 2.14. The van der Waals surface area contributed by atoms with Gasteiger partial charge in [-0.3, -0.25) is 14.4 Å². The van der Waals surface area contributed by atoms with Gasteiger partial charge in [0.2, 0.25) is 5.91 Å². The molecule has 3 aliphatic rings. The normalized spacial score (nSPS) is 24.2. The predicted octanol–water partition coefficient (Wildman–Crippen LogP) is 3.94. The summed E-state index contributed by atoms with van der Waals surface area (Å²) in [5.41, 5.74) is 1.97. The highest BCUT2D eigenvalue weighted by Gasteiger charge is 2.56. The SMILES string of the molecule is CN1CCN(c2nc(-c3ccc(C(=O)N[C@@H](CC(C)(C)C)C(=O)N4C[C@H](C(C)(C)C)[C@H]5OCC(=O)[C@H]54)cc3)cs2)CC1. The molecule has 1 aromatic carbocycles. The number of aromatic nitrogens is 1. The van der Waals surface area contributed by atoms with Gasteiger partial charge < -0.3 is 24.8 Å². The monoisotopic (exact) mass is 595 g/mol. The number of likely N-dealkylation sites (N-methyl/N-ethyl adjacent to an activating group) is 1. The van der Waals surface area contributed by atoms with Crippen molar-refractivity contribution in [1.29, 1.82) is 0 Å². The van der Waals surface area contributed by atoms with Crippen molar-refractivity contribution in [3.05, 3.63) is 35.2 Å². The highest BCUT2D eigenvalue weighted by molar-refractivity contribution is 7.14. The summed E-state index contributed by atoms with van der Waals surface area (Å²) >= 11 is 1.64. The molecule has 42 heavy (non-hydrogen) atoms. The number of carbonyl (C=O) groups excluding carboxylic acids is 3. The molecule has 0 spiro atoms. The number of thiazole rings is 1. The van der Waals surface area contributed by atoms with Gasteiger partial charge in [0, 0.05) is 55.1 Å². The van der Waals surface area contributed by atoms with Crippen LogP contribution in [0.4, 0.5) is 5.13 Å². The maximum Gasteiger partial charge on any atom is 0.251 e. The summed E-state index contributed by atoms with van der Waals surface area (Å²) in [6.45, 7) is 17.0. The Morgan fingerprint density at radius 2 is 1.74 bits per heavy atom. The molecule has 10 heteroatoms. The molecular formula is C32H45N5O4S. The Morgan fingerprint density at radius 3 is 2.36 bits per heavy atom. The number of ketones is 1. The number of nitrogens with zero attached hydrogens (tertiary/aromatic N) is 4. The molecule has 228 valence electrons. The lowest BCUT2D eigenvalue weighted by Gasteiger charge is -2.32. The molecule has 0 bridgehead atoms. The first-order valence-corrected chi connectivity index (χ1v) is 15.8. The van der Waals surface area contributed by atoms with Gasteiger partial charge >= 0.3 is 0 Å². The van der Waals surface area contributed by atoms with Gasteiger partial charge in [-0.25, -0.2) is 4.98 Å². The number of fused-ring (bicyclic) bond motifs is 1. The Balaban J connectivity index is 1.30. The average Bonchev–Trinajstić information content (AvgIpc) is 3.65. The molecule has 0 radical (unpaired) electrons. The minimum absolute atomic E-state index is 0.0319. The number of amides is 2. The van der Waals surface area contributed by atoms with Crippen molar-refractivity contribution in [1.82, 2.24) is 20.1 Å². The average molecular weight is 596 g/mol. The van der Waals surface area contributed by atoms with Gasteiger partial charge in [-0.2, -0.15) is 0 Å². The van der Waals surface area contributed by atoms with Crippen molar-refractivity contribution in [3.8, 4) is 11.3 Å². The van der Waals surface area contributed by atoms with Gasteiger partial charge in [-0.15, -0.1) is 11.3 Å². The second-order valence-corrected chi connectivity index (χ2v) is 15.2. The number of benzene rings is 1. The Kier molecular flexibility index (Phi) is 8.53. The highest BCUT2D eigenvalue weighted by Crippen LogP contribution is 2.42. The second-order valence-electron chi connectivity index (χ2n) is 14.3. The number of ether oxygens (including phenoxy) is 1. The molecule has 3 fully saturated rings. The van der Waals surface area contributed by atoms with E-state index in [1.165, 1.54) is 0 Å². The van der Waals surface area contributed by atoms with Crippen molar-refractivity contribution in [2.75, 3.05) is 51.3 Å². The lowest BCUT2D eigenvalue weighted by molar-refractivity contribution is -0.138. The molecule has 3 saturated heterocycles. The first kappa shape index (κ1) is 30.6. The lowest BCUT2D eigenvalue weighted by atomic mass is 9.78. The maximum atomic E-state index is 14.0. The molecule has 0 saturated carbocycles. The molecule has 2 aromatic rings. The van der Waals surface area contributed by atoms with E-state index in [4.69, 9.17) is 9.72 Å². The van der Waals surface area contributed by atoms with Gasteiger partial charge in [-0.05, 0) is 36.4 Å². The van der Waals surface area contributed by atoms with Crippen LogP contribution in [0.2, 0.25) is 0 Å². The van der Waals surface area contributed by atoms with Gasteiger partial charge in [-0.1, -0.05) is 53.7 Å². The van der Waals surface area contributed by atoms with E-state index in [1.807, 2.05) is 32.9 Å². The van der Waals surface area contributed by atoms with Crippen LogP contribution in [0.1, 0.15) is 58.3 Å². The Hall–Kier alpha value is -2.82. The van der Waals surface area contributed by atoms with Crippen molar-refractivity contribution in [3.63, 3.8) is 0 Å². The van der Waals surface area contributed by atoms with Crippen LogP contribution in [0.3, 0.4) is 0 Å². The second kappa shape index (κ2) is 11.7. The fourth-order valence-electron chi connectivity index (χ4n) is 6.23. The minimum atomic E-state index is -0.755. The third kappa shape index (κ3) is 6.55. The summed E-state index contributed by atoms with van der Waals surface area (Å²) in [5.74, 6) is -0.541. The molecule has 4 atom stereocenters. The van der Waals surface area contributed by atoms with Crippen LogP contribution in [0.25, 0.3) is 11.3 Å². The van der Waals surface area contributed by atoms with E-state index in [0.29, 0.717) is 18.5 Å². The van der Waals surface area contributed by atoms with Crippen LogP contribution in [-0.2, 0) is 14.3 Å². The van der Waals surface area contributed by atoms with Crippen molar-refractivity contribution < 1.29 is 19.1 Å². The van der Waals surface area contributed by atoms with Gasteiger partial charge in [0.1, 0.15) is 18.7 Å². The number of Topliss-reactive ketones (excluding diaryl/α,β-unsaturated/α-hetero) is 1. The van der Waals surface area contributed by atoms with Crippen LogP contribution < -0.4 is 10.2 Å². The molecule has 4 heterocycles. The zero-order valence-electron chi connectivity index (χ0n) is 26.0. The van der Waals surface area contributed by atoms with Crippen molar-refractivity contribution in [2.45, 2.75) is 66.2 Å². The van der Waals surface area contributed by atoms with E-state index >= 15 is 0 Å². The number of nitrogens with one attached hydrogen (secondary N) is 1. The van der Waals surface area contributed by atoms with Gasteiger partial charge in [0.15, 0.2) is 10.9 Å². The number of piperazine rings is 1. The van der Waals surface area contributed by atoms with E-state index in [1.54, 1.807) is 28.4 Å². The molecule has 9 nitrogen and oxygen atoms in total. The lowest BCUT2D eigenvalue weighted by Crippen LogP contribution is -2.53. The van der Waals surface area contributed by atoms with Crippen molar-refractivity contribution in [2.24, 2.45) is 16.7 Å². The molecular weight excluding hydrogens is 550 g/mol. The molecule has 5 rings (SSSR count).